The molecule has 1 fully saturated rings. The Morgan fingerprint density at radius 2 is 2.18 bits per heavy atom. The van der Waals surface area contributed by atoms with Gasteiger partial charge in [-0.15, -0.1) is 0 Å². The van der Waals surface area contributed by atoms with Crippen molar-refractivity contribution in [3.8, 4) is 5.75 Å². The fourth-order valence-corrected chi connectivity index (χ4v) is 2.09. The number of benzene rings is 1. The summed E-state index contributed by atoms with van der Waals surface area (Å²) in [6, 6.07) is 4.88. The first kappa shape index (κ1) is 11.7. The summed E-state index contributed by atoms with van der Waals surface area (Å²) < 4.78 is 5.03. The summed E-state index contributed by atoms with van der Waals surface area (Å²) >= 11 is 0. The molecular formula is C12H16N2O3. The molecule has 0 amide bonds. The molecule has 1 aliphatic rings. The fraction of sp³-hybridized carbons (Fsp3) is 0.500. The Bertz CT molecular complexity index is 441. The zero-order chi connectivity index (χ0) is 12.5. The molecule has 1 saturated carbocycles. The number of methoxy groups -OCH3 is 1. The molecule has 0 saturated heterocycles. The number of nitrogens with one attached hydrogen (secondary N) is 1. The van der Waals surface area contributed by atoms with Crippen molar-refractivity contribution in [1.29, 1.82) is 0 Å². The van der Waals surface area contributed by atoms with E-state index in [0.29, 0.717) is 5.75 Å². The highest BCUT2D eigenvalue weighted by Gasteiger charge is 2.31. The SMILES string of the molecule is COc1cc(NC2(C)CCC2)ccc1[N+](=O)[O-]. The normalized spacial score (nSPS) is 17.1. The van der Waals surface area contributed by atoms with E-state index in [1.54, 1.807) is 12.1 Å². The smallest absolute Gasteiger partial charge is 0.311 e. The van der Waals surface area contributed by atoms with Gasteiger partial charge in [-0.3, -0.25) is 10.1 Å². The molecule has 0 heterocycles. The van der Waals surface area contributed by atoms with Crippen LogP contribution >= 0.6 is 0 Å². The first-order valence-electron chi connectivity index (χ1n) is 5.65. The first-order chi connectivity index (χ1) is 8.04. The van der Waals surface area contributed by atoms with Gasteiger partial charge in [-0.2, -0.15) is 0 Å². The molecule has 0 radical (unpaired) electrons. The molecule has 0 spiro atoms. The average molecular weight is 236 g/mol. The monoisotopic (exact) mass is 236 g/mol. The number of nitro groups is 1. The summed E-state index contributed by atoms with van der Waals surface area (Å²) in [5.41, 5.74) is 0.993. The Labute approximate surface area is 99.9 Å². The third-order valence-corrected chi connectivity index (χ3v) is 3.28. The van der Waals surface area contributed by atoms with Crippen LogP contribution in [0.15, 0.2) is 18.2 Å². The van der Waals surface area contributed by atoms with E-state index in [4.69, 9.17) is 4.74 Å². The third-order valence-electron chi connectivity index (χ3n) is 3.28. The fourth-order valence-electron chi connectivity index (χ4n) is 2.09. The Kier molecular flexibility index (Phi) is 2.92. The molecule has 1 aromatic carbocycles. The minimum atomic E-state index is -0.437. The lowest BCUT2D eigenvalue weighted by Gasteiger charge is -2.40. The van der Waals surface area contributed by atoms with Crippen LogP contribution in [-0.4, -0.2) is 17.6 Å². The van der Waals surface area contributed by atoms with Crippen LogP contribution < -0.4 is 10.1 Å². The van der Waals surface area contributed by atoms with Crippen LogP contribution in [0.3, 0.4) is 0 Å². The van der Waals surface area contributed by atoms with E-state index >= 15 is 0 Å². The van der Waals surface area contributed by atoms with Gasteiger partial charge in [0.2, 0.25) is 0 Å². The van der Waals surface area contributed by atoms with Gasteiger partial charge in [-0.05, 0) is 32.3 Å². The number of anilines is 1. The first-order valence-corrected chi connectivity index (χ1v) is 5.65. The van der Waals surface area contributed by atoms with Crippen LogP contribution in [0.2, 0.25) is 0 Å². The van der Waals surface area contributed by atoms with Gasteiger partial charge >= 0.3 is 5.69 Å². The van der Waals surface area contributed by atoms with E-state index in [-0.39, 0.29) is 11.2 Å². The molecule has 1 aliphatic carbocycles. The van der Waals surface area contributed by atoms with Gasteiger partial charge in [0.05, 0.1) is 12.0 Å². The number of nitro benzene ring substituents is 1. The summed E-state index contributed by atoms with van der Waals surface area (Å²) in [6.45, 7) is 2.16. The van der Waals surface area contributed by atoms with E-state index in [9.17, 15) is 10.1 Å². The molecule has 17 heavy (non-hydrogen) atoms. The lowest BCUT2D eigenvalue weighted by atomic mass is 9.78. The maximum atomic E-state index is 10.7. The number of hydrogen-bond acceptors (Lipinski definition) is 4. The summed E-state index contributed by atoms with van der Waals surface area (Å²) in [4.78, 5) is 10.3. The Hall–Kier alpha value is -1.78. The average Bonchev–Trinajstić information content (AvgIpc) is 2.26. The Morgan fingerprint density at radius 3 is 2.65 bits per heavy atom. The highest BCUT2D eigenvalue weighted by atomic mass is 16.6. The molecule has 0 bridgehead atoms. The maximum Gasteiger partial charge on any atom is 0.311 e. The quantitative estimate of drug-likeness (QED) is 0.644. The van der Waals surface area contributed by atoms with Crippen molar-refractivity contribution in [3.63, 3.8) is 0 Å². The highest BCUT2D eigenvalue weighted by molar-refractivity contribution is 5.59. The molecule has 2 rings (SSSR count). The van der Waals surface area contributed by atoms with E-state index in [1.165, 1.54) is 19.6 Å². The van der Waals surface area contributed by atoms with E-state index in [2.05, 4.69) is 12.2 Å². The number of ether oxygens (including phenoxy) is 1. The van der Waals surface area contributed by atoms with Gasteiger partial charge in [-0.25, -0.2) is 0 Å². The van der Waals surface area contributed by atoms with Crippen LogP contribution in [0.5, 0.6) is 5.75 Å². The van der Waals surface area contributed by atoms with Crippen LogP contribution in [0.4, 0.5) is 11.4 Å². The molecule has 0 aromatic heterocycles. The minimum absolute atomic E-state index is 0.00295. The Balaban J connectivity index is 2.22. The van der Waals surface area contributed by atoms with Crippen molar-refractivity contribution in [1.82, 2.24) is 0 Å². The van der Waals surface area contributed by atoms with Gasteiger partial charge in [0.25, 0.3) is 0 Å². The molecule has 0 unspecified atom stereocenters. The van der Waals surface area contributed by atoms with Gasteiger partial charge in [0, 0.05) is 23.4 Å². The molecular weight excluding hydrogens is 220 g/mol. The summed E-state index contributed by atoms with van der Waals surface area (Å²) in [6.07, 6.45) is 3.49. The number of hydrogen-bond donors (Lipinski definition) is 1. The van der Waals surface area contributed by atoms with E-state index in [1.807, 2.05) is 0 Å². The lowest BCUT2D eigenvalue weighted by Crippen LogP contribution is -2.41. The zero-order valence-electron chi connectivity index (χ0n) is 10.0. The largest absolute Gasteiger partial charge is 0.490 e. The second kappa shape index (κ2) is 4.24. The van der Waals surface area contributed by atoms with Crippen LogP contribution in [0.25, 0.3) is 0 Å². The third kappa shape index (κ3) is 2.33. The topological polar surface area (TPSA) is 64.4 Å². The molecule has 0 aliphatic heterocycles. The molecule has 5 heteroatoms. The van der Waals surface area contributed by atoms with Gasteiger partial charge in [-0.1, -0.05) is 0 Å². The summed E-state index contributed by atoms with van der Waals surface area (Å²) in [5.74, 6) is 0.294. The van der Waals surface area contributed by atoms with E-state index < -0.39 is 4.92 Å². The molecule has 92 valence electrons. The predicted octanol–water partition coefficient (Wildman–Crippen LogP) is 2.96. The molecule has 0 atom stereocenters. The second-order valence-corrected chi connectivity index (χ2v) is 4.68. The molecule has 1 aromatic rings. The van der Waals surface area contributed by atoms with Crippen LogP contribution in [0, 0.1) is 10.1 Å². The second-order valence-electron chi connectivity index (χ2n) is 4.68. The molecule has 5 nitrogen and oxygen atoms in total. The van der Waals surface area contributed by atoms with Crippen molar-refractivity contribution in [3.05, 3.63) is 28.3 Å². The summed E-state index contributed by atoms with van der Waals surface area (Å²) in [5, 5.41) is 14.1. The van der Waals surface area contributed by atoms with Crippen molar-refractivity contribution < 1.29 is 9.66 Å². The van der Waals surface area contributed by atoms with Crippen molar-refractivity contribution in [2.75, 3.05) is 12.4 Å². The van der Waals surface area contributed by atoms with E-state index in [0.717, 1.165) is 18.5 Å². The lowest BCUT2D eigenvalue weighted by molar-refractivity contribution is -0.385. The van der Waals surface area contributed by atoms with Gasteiger partial charge in [0.15, 0.2) is 5.75 Å². The summed E-state index contributed by atoms with van der Waals surface area (Å²) in [7, 11) is 1.44. The van der Waals surface area contributed by atoms with Gasteiger partial charge < -0.3 is 10.1 Å². The van der Waals surface area contributed by atoms with Crippen molar-refractivity contribution in [2.24, 2.45) is 0 Å². The zero-order valence-corrected chi connectivity index (χ0v) is 10.0. The van der Waals surface area contributed by atoms with Crippen LogP contribution in [-0.2, 0) is 0 Å². The number of nitrogens with zero attached hydrogens (tertiary/aromatic N) is 1. The van der Waals surface area contributed by atoms with Crippen molar-refractivity contribution >= 4 is 11.4 Å². The minimum Gasteiger partial charge on any atom is -0.490 e. The van der Waals surface area contributed by atoms with Crippen molar-refractivity contribution in [2.45, 2.75) is 31.7 Å². The van der Waals surface area contributed by atoms with Gasteiger partial charge in [0.1, 0.15) is 0 Å². The predicted molar refractivity (Wildman–Crippen MR) is 65.5 cm³/mol. The van der Waals surface area contributed by atoms with Crippen LogP contribution in [0.1, 0.15) is 26.2 Å². The molecule has 1 N–H and O–H groups in total. The Morgan fingerprint density at radius 1 is 1.47 bits per heavy atom. The maximum absolute atomic E-state index is 10.7. The number of rotatable bonds is 4. The standard InChI is InChI=1S/C12H16N2O3/c1-12(6-3-7-12)13-9-4-5-10(14(15)16)11(8-9)17-2/h4-5,8,13H,3,6-7H2,1-2H3. The highest BCUT2D eigenvalue weighted by Crippen LogP contribution is 2.37.